The number of halogens is 1. The Bertz CT molecular complexity index is 913. The molecule has 2 rings (SSSR count). The van der Waals surface area contributed by atoms with Crippen LogP contribution in [0.4, 0.5) is 5.69 Å². The lowest BCUT2D eigenvalue weighted by atomic mass is 9.99. The molecule has 0 N–H and O–H groups in total. The molecule has 1 aliphatic rings. The molecule has 1 aromatic carbocycles. The Morgan fingerprint density at radius 3 is 2.52 bits per heavy atom. The summed E-state index contributed by atoms with van der Waals surface area (Å²) in [4.78, 5) is 21.3. The molecule has 0 fully saturated rings. The molecule has 0 bridgehead atoms. The highest BCUT2D eigenvalue weighted by atomic mass is 35.5. The van der Waals surface area contributed by atoms with Crippen molar-refractivity contribution in [1.29, 1.82) is 0 Å². The number of allylic oxidation sites excluding steroid dienone is 4. The summed E-state index contributed by atoms with van der Waals surface area (Å²) in [5.74, 6) is -0.320. The van der Waals surface area contributed by atoms with Crippen LogP contribution in [0.25, 0.3) is 0 Å². The Balaban J connectivity index is 2.57. The summed E-state index contributed by atoms with van der Waals surface area (Å²) >= 11 is 6.01. The number of benzene rings is 1. The van der Waals surface area contributed by atoms with Crippen molar-refractivity contribution in [2.24, 2.45) is 4.40 Å². The van der Waals surface area contributed by atoms with Gasteiger partial charge < -0.3 is 0 Å². The number of hydrogen-bond donors (Lipinski definition) is 0. The number of ketones is 1. The Kier molecular flexibility index (Phi) is 4.49. The number of carbonyl (C=O) groups excluding carboxylic acids is 1. The first-order valence-corrected chi connectivity index (χ1v) is 8.14. The van der Waals surface area contributed by atoms with Crippen LogP contribution in [0.3, 0.4) is 0 Å². The number of nitro benzene ring substituents is 1. The fourth-order valence-corrected chi connectivity index (χ4v) is 3.31. The van der Waals surface area contributed by atoms with E-state index in [1.165, 1.54) is 38.1 Å². The van der Waals surface area contributed by atoms with Crippen molar-refractivity contribution in [2.45, 2.75) is 18.7 Å². The maximum absolute atomic E-state index is 12.4. The van der Waals surface area contributed by atoms with Gasteiger partial charge in [0.1, 0.15) is 0 Å². The van der Waals surface area contributed by atoms with Gasteiger partial charge in [0.15, 0.2) is 5.78 Å². The standard InChI is InChI=1S/C14H11ClN2O5S/c1-8-6-12(18)9(2)13(15)14(8)16-23(21,22)11-5-3-4-10(7-11)17(19)20/h3-7H,1-2H3. The maximum atomic E-state index is 12.4. The summed E-state index contributed by atoms with van der Waals surface area (Å²) in [6, 6.07) is 4.54. The van der Waals surface area contributed by atoms with E-state index in [2.05, 4.69) is 4.40 Å². The average molecular weight is 355 g/mol. The number of rotatable bonds is 3. The van der Waals surface area contributed by atoms with Crippen LogP contribution in [-0.4, -0.2) is 24.8 Å². The normalized spacial score (nSPS) is 17.4. The van der Waals surface area contributed by atoms with E-state index in [0.29, 0.717) is 5.57 Å². The number of nitrogens with zero attached hydrogens (tertiary/aromatic N) is 2. The quantitative estimate of drug-likeness (QED) is 0.471. The number of sulfonamides is 1. The second-order valence-electron chi connectivity index (χ2n) is 4.80. The van der Waals surface area contributed by atoms with E-state index in [0.717, 1.165) is 6.07 Å². The summed E-state index contributed by atoms with van der Waals surface area (Å²) in [5.41, 5.74) is 0.0790. The SMILES string of the molecule is CC1=CC(=O)C(C)=C(Cl)C1=NS(=O)(=O)c1cccc([N+](=O)[O-])c1. The summed E-state index contributed by atoms with van der Waals surface area (Å²) in [5, 5.41) is 10.7. The third-order valence-electron chi connectivity index (χ3n) is 3.17. The first kappa shape index (κ1) is 17.0. The Morgan fingerprint density at radius 1 is 1.26 bits per heavy atom. The number of non-ortho nitro benzene ring substituents is 1. The highest BCUT2D eigenvalue weighted by Crippen LogP contribution is 2.26. The highest BCUT2D eigenvalue weighted by molar-refractivity contribution is 7.90. The van der Waals surface area contributed by atoms with E-state index in [1.54, 1.807) is 0 Å². The molecule has 0 unspecified atom stereocenters. The van der Waals surface area contributed by atoms with Gasteiger partial charge in [-0.05, 0) is 31.6 Å². The number of carbonyl (C=O) groups is 1. The van der Waals surface area contributed by atoms with E-state index in [-0.39, 0.29) is 32.7 Å². The molecule has 0 saturated heterocycles. The van der Waals surface area contributed by atoms with Crippen molar-refractivity contribution < 1.29 is 18.1 Å². The molecule has 0 radical (unpaired) electrons. The van der Waals surface area contributed by atoms with Crippen molar-refractivity contribution >= 4 is 38.8 Å². The first-order chi connectivity index (χ1) is 10.6. The number of nitro groups is 1. The van der Waals surface area contributed by atoms with Crippen molar-refractivity contribution in [3.63, 3.8) is 0 Å². The van der Waals surface area contributed by atoms with Gasteiger partial charge in [-0.3, -0.25) is 14.9 Å². The fourth-order valence-electron chi connectivity index (χ4n) is 1.87. The van der Waals surface area contributed by atoms with Crippen LogP contribution in [0.5, 0.6) is 0 Å². The molecular weight excluding hydrogens is 344 g/mol. The largest absolute Gasteiger partial charge is 0.290 e. The van der Waals surface area contributed by atoms with Crippen molar-refractivity contribution in [1.82, 2.24) is 0 Å². The molecule has 1 aromatic rings. The molecule has 0 spiro atoms. The Labute approximate surface area is 137 Å². The minimum atomic E-state index is -4.21. The first-order valence-electron chi connectivity index (χ1n) is 6.32. The van der Waals surface area contributed by atoms with Gasteiger partial charge in [0.2, 0.25) is 0 Å². The van der Waals surface area contributed by atoms with E-state index >= 15 is 0 Å². The molecule has 0 aliphatic heterocycles. The zero-order valence-electron chi connectivity index (χ0n) is 12.1. The van der Waals surface area contributed by atoms with Crippen LogP contribution in [-0.2, 0) is 14.8 Å². The minimum absolute atomic E-state index is 0.0460. The summed E-state index contributed by atoms with van der Waals surface area (Å²) in [7, 11) is -4.21. The van der Waals surface area contributed by atoms with Crippen LogP contribution in [0.2, 0.25) is 0 Å². The third-order valence-corrected chi connectivity index (χ3v) is 4.90. The molecule has 23 heavy (non-hydrogen) atoms. The molecule has 0 saturated carbocycles. The zero-order valence-corrected chi connectivity index (χ0v) is 13.7. The minimum Gasteiger partial charge on any atom is -0.290 e. The molecule has 120 valence electrons. The fraction of sp³-hybridized carbons (Fsp3) is 0.143. The van der Waals surface area contributed by atoms with Crippen LogP contribution in [0.15, 0.2) is 55.8 Å². The topological polar surface area (TPSA) is 107 Å². The molecule has 7 nitrogen and oxygen atoms in total. The highest BCUT2D eigenvalue weighted by Gasteiger charge is 2.24. The van der Waals surface area contributed by atoms with Gasteiger partial charge in [0.05, 0.1) is 20.6 Å². The van der Waals surface area contributed by atoms with Crippen LogP contribution in [0.1, 0.15) is 13.8 Å². The van der Waals surface area contributed by atoms with Crippen LogP contribution < -0.4 is 0 Å². The molecule has 0 atom stereocenters. The molecule has 1 aliphatic carbocycles. The monoisotopic (exact) mass is 354 g/mol. The molecule has 0 aromatic heterocycles. The van der Waals surface area contributed by atoms with Crippen molar-refractivity contribution in [3.8, 4) is 0 Å². The van der Waals surface area contributed by atoms with Gasteiger partial charge in [0, 0.05) is 17.7 Å². The summed E-state index contributed by atoms with van der Waals surface area (Å²) in [6.45, 7) is 2.97. The van der Waals surface area contributed by atoms with Crippen LogP contribution in [0, 0.1) is 10.1 Å². The zero-order chi connectivity index (χ0) is 17.4. The van der Waals surface area contributed by atoms with E-state index in [9.17, 15) is 23.3 Å². The Hall–Kier alpha value is -2.32. The predicted molar refractivity (Wildman–Crippen MR) is 85.0 cm³/mol. The lowest BCUT2D eigenvalue weighted by Crippen LogP contribution is -2.16. The predicted octanol–water partition coefficient (Wildman–Crippen LogP) is 2.77. The van der Waals surface area contributed by atoms with Crippen molar-refractivity contribution in [3.05, 3.63) is 56.6 Å². The van der Waals surface area contributed by atoms with E-state index in [1.807, 2.05) is 0 Å². The molecular formula is C14H11ClN2O5S. The smallest absolute Gasteiger partial charge is 0.283 e. The van der Waals surface area contributed by atoms with Crippen molar-refractivity contribution in [2.75, 3.05) is 0 Å². The van der Waals surface area contributed by atoms with Gasteiger partial charge in [-0.2, -0.15) is 12.8 Å². The molecule has 0 amide bonds. The second kappa shape index (κ2) is 6.05. The summed E-state index contributed by atoms with van der Waals surface area (Å²) in [6.07, 6.45) is 1.24. The lowest BCUT2D eigenvalue weighted by Gasteiger charge is -2.13. The molecule has 0 heterocycles. The van der Waals surface area contributed by atoms with Crippen LogP contribution >= 0.6 is 11.6 Å². The maximum Gasteiger partial charge on any atom is 0.283 e. The van der Waals surface area contributed by atoms with Gasteiger partial charge in [-0.25, -0.2) is 0 Å². The van der Waals surface area contributed by atoms with Gasteiger partial charge in [0.25, 0.3) is 15.7 Å². The summed E-state index contributed by atoms with van der Waals surface area (Å²) < 4.78 is 28.3. The van der Waals surface area contributed by atoms with Gasteiger partial charge in [-0.15, -0.1) is 0 Å². The lowest BCUT2D eigenvalue weighted by molar-refractivity contribution is -0.385. The third kappa shape index (κ3) is 3.38. The number of hydrogen-bond acceptors (Lipinski definition) is 5. The van der Waals surface area contributed by atoms with E-state index < -0.39 is 14.9 Å². The molecule has 9 heteroatoms. The van der Waals surface area contributed by atoms with Gasteiger partial charge >= 0.3 is 0 Å². The Morgan fingerprint density at radius 2 is 1.91 bits per heavy atom. The second-order valence-corrected chi connectivity index (χ2v) is 6.78. The average Bonchev–Trinajstić information content (AvgIpc) is 2.49. The van der Waals surface area contributed by atoms with E-state index in [4.69, 9.17) is 11.6 Å². The van der Waals surface area contributed by atoms with Gasteiger partial charge in [-0.1, -0.05) is 17.7 Å².